The van der Waals surface area contributed by atoms with Crippen molar-refractivity contribution in [1.82, 2.24) is 10.2 Å². The van der Waals surface area contributed by atoms with E-state index in [0.717, 1.165) is 17.6 Å². The number of rotatable bonds is 8. The molecule has 1 aromatic rings. The van der Waals surface area contributed by atoms with E-state index in [-0.39, 0.29) is 6.10 Å². The van der Waals surface area contributed by atoms with E-state index in [2.05, 4.69) is 52.1 Å². The van der Waals surface area contributed by atoms with Gasteiger partial charge in [-0.3, -0.25) is 4.90 Å². The van der Waals surface area contributed by atoms with Gasteiger partial charge in [-0.05, 0) is 37.2 Å². The Morgan fingerprint density at radius 1 is 1.32 bits per heavy atom. The normalized spacial score (nSPS) is 13.2. The van der Waals surface area contributed by atoms with Gasteiger partial charge in [0.05, 0.1) is 6.10 Å². The van der Waals surface area contributed by atoms with Gasteiger partial charge in [0.1, 0.15) is 0 Å². The molecule has 0 amide bonds. The zero-order valence-corrected chi connectivity index (χ0v) is 13.7. The maximum atomic E-state index is 9.95. The van der Waals surface area contributed by atoms with E-state index >= 15 is 0 Å². The second-order valence-corrected chi connectivity index (χ2v) is 6.45. The molecule has 0 saturated carbocycles. The number of hydrogen-bond acceptors (Lipinski definition) is 3. The summed E-state index contributed by atoms with van der Waals surface area (Å²) in [5.41, 5.74) is 1.25. The highest BCUT2D eigenvalue weighted by atomic mass is 79.9. The highest BCUT2D eigenvalue weighted by Gasteiger charge is 2.08. The van der Waals surface area contributed by atoms with Gasteiger partial charge in [0.25, 0.3) is 0 Å². The molecule has 0 heterocycles. The molecule has 3 nitrogen and oxygen atoms in total. The second kappa shape index (κ2) is 8.69. The predicted octanol–water partition coefficient (Wildman–Crippen LogP) is 2.49. The minimum Gasteiger partial charge on any atom is -0.390 e. The van der Waals surface area contributed by atoms with Gasteiger partial charge in [-0.1, -0.05) is 41.9 Å². The number of hydrogen-bond donors (Lipinski definition) is 2. The van der Waals surface area contributed by atoms with Gasteiger partial charge < -0.3 is 10.4 Å². The largest absolute Gasteiger partial charge is 0.390 e. The molecule has 1 aromatic carbocycles. The van der Waals surface area contributed by atoms with Crippen molar-refractivity contribution in [3.8, 4) is 0 Å². The summed E-state index contributed by atoms with van der Waals surface area (Å²) in [4.78, 5) is 2.14. The van der Waals surface area contributed by atoms with Gasteiger partial charge in [0.15, 0.2) is 0 Å². The lowest BCUT2D eigenvalue weighted by atomic mass is 10.2. The third-order valence-corrected chi connectivity index (χ3v) is 3.29. The van der Waals surface area contributed by atoms with E-state index in [9.17, 15) is 5.11 Å². The molecule has 0 aliphatic heterocycles. The van der Waals surface area contributed by atoms with Gasteiger partial charge in [-0.15, -0.1) is 0 Å². The standard InChI is InChI=1S/C15H25BrN2O/c1-12(2)8-17-9-15(19)11-18(3)10-13-5-4-6-14(16)7-13/h4-7,12,15,17,19H,8-11H2,1-3H3. The molecular weight excluding hydrogens is 304 g/mol. The Morgan fingerprint density at radius 3 is 2.68 bits per heavy atom. The molecule has 0 bridgehead atoms. The number of aliphatic hydroxyl groups excluding tert-OH is 1. The SMILES string of the molecule is CC(C)CNCC(O)CN(C)Cc1cccc(Br)c1. The monoisotopic (exact) mass is 328 g/mol. The van der Waals surface area contributed by atoms with Crippen LogP contribution in [0.15, 0.2) is 28.7 Å². The average molecular weight is 329 g/mol. The zero-order chi connectivity index (χ0) is 14.3. The van der Waals surface area contributed by atoms with Crippen molar-refractivity contribution < 1.29 is 5.11 Å². The second-order valence-electron chi connectivity index (χ2n) is 5.53. The molecule has 0 aromatic heterocycles. The number of likely N-dealkylation sites (N-methyl/N-ethyl adjacent to an activating group) is 1. The zero-order valence-electron chi connectivity index (χ0n) is 12.1. The average Bonchev–Trinajstić information content (AvgIpc) is 2.27. The number of halogens is 1. The van der Waals surface area contributed by atoms with Crippen molar-refractivity contribution in [2.24, 2.45) is 5.92 Å². The first-order valence-corrected chi connectivity index (χ1v) is 7.58. The summed E-state index contributed by atoms with van der Waals surface area (Å²) in [6.07, 6.45) is -0.323. The van der Waals surface area contributed by atoms with E-state index in [0.29, 0.717) is 19.0 Å². The van der Waals surface area contributed by atoms with Gasteiger partial charge in [-0.25, -0.2) is 0 Å². The first kappa shape index (κ1) is 16.6. The molecule has 1 rings (SSSR count). The minimum absolute atomic E-state index is 0.323. The van der Waals surface area contributed by atoms with Crippen LogP contribution in [-0.4, -0.2) is 42.8 Å². The Labute approximate surface area is 125 Å². The van der Waals surface area contributed by atoms with Crippen LogP contribution < -0.4 is 5.32 Å². The van der Waals surface area contributed by atoms with Crippen molar-refractivity contribution in [2.75, 3.05) is 26.7 Å². The molecule has 1 atom stereocenters. The topological polar surface area (TPSA) is 35.5 Å². The third kappa shape index (κ3) is 7.67. The Bertz CT molecular complexity index is 371. The van der Waals surface area contributed by atoms with Gasteiger partial charge >= 0.3 is 0 Å². The summed E-state index contributed by atoms with van der Waals surface area (Å²) in [7, 11) is 2.03. The Balaban J connectivity index is 2.28. The van der Waals surface area contributed by atoms with Gasteiger partial charge in [-0.2, -0.15) is 0 Å². The fraction of sp³-hybridized carbons (Fsp3) is 0.600. The quantitative estimate of drug-likeness (QED) is 0.769. The summed E-state index contributed by atoms with van der Waals surface area (Å²) >= 11 is 3.47. The van der Waals surface area contributed by atoms with Crippen molar-refractivity contribution in [1.29, 1.82) is 0 Å². The molecule has 0 saturated heterocycles. The highest BCUT2D eigenvalue weighted by molar-refractivity contribution is 9.10. The predicted molar refractivity (Wildman–Crippen MR) is 84.2 cm³/mol. The van der Waals surface area contributed by atoms with Crippen LogP contribution in [-0.2, 0) is 6.54 Å². The first-order chi connectivity index (χ1) is 8.97. The molecule has 0 radical (unpaired) electrons. The molecule has 19 heavy (non-hydrogen) atoms. The molecule has 108 valence electrons. The van der Waals surface area contributed by atoms with Crippen LogP contribution in [0.4, 0.5) is 0 Å². The summed E-state index contributed by atoms with van der Waals surface area (Å²) < 4.78 is 1.09. The van der Waals surface area contributed by atoms with Crippen LogP contribution in [0.1, 0.15) is 19.4 Å². The first-order valence-electron chi connectivity index (χ1n) is 6.79. The third-order valence-electron chi connectivity index (χ3n) is 2.80. The molecule has 0 spiro atoms. The van der Waals surface area contributed by atoms with Crippen LogP contribution in [0, 0.1) is 5.92 Å². The van der Waals surface area contributed by atoms with E-state index in [1.165, 1.54) is 5.56 Å². The van der Waals surface area contributed by atoms with Crippen LogP contribution in [0.25, 0.3) is 0 Å². The van der Waals surface area contributed by atoms with Crippen molar-refractivity contribution in [3.05, 3.63) is 34.3 Å². The lowest BCUT2D eigenvalue weighted by Gasteiger charge is -2.21. The minimum atomic E-state index is -0.323. The lowest BCUT2D eigenvalue weighted by molar-refractivity contribution is 0.120. The fourth-order valence-corrected chi connectivity index (χ4v) is 2.42. The highest BCUT2D eigenvalue weighted by Crippen LogP contribution is 2.12. The van der Waals surface area contributed by atoms with Crippen LogP contribution in [0.3, 0.4) is 0 Å². The summed E-state index contributed by atoms with van der Waals surface area (Å²) in [5.74, 6) is 0.617. The molecule has 1 unspecified atom stereocenters. The molecule has 0 aliphatic rings. The summed E-state index contributed by atoms with van der Waals surface area (Å²) in [6, 6.07) is 8.27. The van der Waals surface area contributed by atoms with E-state index in [4.69, 9.17) is 0 Å². The Hall–Kier alpha value is -0.420. The summed E-state index contributed by atoms with van der Waals surface area (Å²) in [5, 5.41) is 13.2. The van der Waals surface area contributed by atoms with Crippen LogP contribution in [0.2, 0.25) is 0 Å². The Morgan fingerprint density at radius 2 is 2.05 bits per heavy atom. The number of nitrogens with one attached hydrogen (secondary N) is 1. The van der Waals surface area contributed by atoms with Crippen molar-refractivity contribution in [2.45, 2.75) is 26.5 Å². The maximum absolute atomic E-state index is 9.95. The van der Waals surface area contributed by atoms with E-state index < -0.39 is 0 Å². The van der Waals surface area contributed by atoms with E-state index in [1.807, 2.05) is 19.2 Å². The van der Waals surface area contributed by atoms with Gasteiger partial charge in [0.2, 0.25) is 0 Å². The number of aliphatic hydroxyl groups is 1. The molecular formula is C15H25BrN2O. The number of benzene rings is 1. The van der Waals surface area contributed by atoms with Gasteiger partial charge in [0, 0.05) is 24.1 Å². The maximum Gasteiger partial charge on any atom is 0.0791 e. The van der Waals surface area contributed by atoms with Crippen molar-refractivity contribution in [3.63, 3.8) is 0 Å². The van der Waals surface area contributed by atoms with E-state index in [1.54, 1.807) is 0 Å². The van der Waals surface area contributed by atoms with Crippen LogP contribution >= 0.6 is 15.9 Å². The Kier molecular flexibility index (Phi) is 7.61. The molecule has 0 aliphatic carbocycles. The number of nitrogens with zero attached hydrogens (tertiary/aromatic N) is 1. The molecule has 4 heteroatoms. The molecule has 0 fully saturated rings. The summed E-state index contributed by atoms with van der Waals surface area (Å²) in [6.45, 7) is 7.46. The van der Waals surface area contributed by atoms with Crippen molar-refractivity contribution >= 4 is 15.9 Å². The fourth-order valence-electron chi connectivity index (χ4n) is 1.97. The van der Waals surface area contributed by atoms with Crippen LogP contribution in [0.5, 0.6) is 0 Å². The smallest absolute Gasteiger partial charge is 0.0791 e. The lowest BCUT2D eigenvalue weighted by Crippen LogP contribution is -2.37. The molecule has 2 N–H and O–H groups in total.